The fourth-order valence-electron chi connectivity index (χ4n) is 8.46. The zero-order chi connectivity index (χ0) is 41.1. The van der Waals surface area contributed by atoms with Gasteiger partial charge in [0.25, 0.3) is 0 Å². The van der Waals surface area contributed by atoms with Crippen molar-refractivity contribution in [2.45, 2.75) is 12.3 Å². The molecule has 0 aliphatic heterocycles. The van der Waals surface area contributed by atoms with Gasteiger partial charge < -0.3 is 4.90 Å². The lowest BCUT2D eigenvalue weighted by Crippen LogP contribution is -2.22. The van der Waals surface area contributed by atoms with Crippen molar-refractivity contribution < 1.29 is 6.85 Å². The van der Waals surface area contributed by atoms with Gasteiger partial charge in [-0.25, -0.2) is 0 Å². The quantitative estimate of drug-likeness (QED) is 0.159. The van der Waals surface area contributed by atoms with Crippen LogP contribution in [0.1, 0.15) is 30.5 Å². The van der Waals surface area contributed by atoms with Crippen LogP contribution in [0.2, 0.25) is 0 Å². The summed E-state index contributed by atoms with van der Waals surface area (Å²) >= 11 is 0. The molecule has 0 bridgehead atoms. The van der Waals surface area contributed by atoms with Gasteiger partial charge >= 0.3 is 0 Å². The van der Waals surface area contributed by atoms with Crippen molar-refractivity contribution in [2.75, 3.05) is 4.90 Å². The van der Waals surface area contributed by atoms with Crippen molar-refractivity contribution in [3.05, 3.63) is 235 Å². The van der Waals surface area contributed by atoms with Gasteiger partial charge in [-0.2, -0.15) is 0 Å². The lowest BCUT2D eigenvalue weighted by Gasteiger charge is -2.29. The van der Waals surface area contributed by atoms with Gasteiger partial charge in [0.15, 0.2) is 0 Å². The van der Waals surface area contributed by atoms with Crippen LogP contribution in [0, 0.1) is 0 Å². The molecule has 0 N–H and O–H groups in total. The third-order valence-corrected chi connectivity index (χ3v) is 11.3. The maximum absolute atomic E-state index is 8.57. The fraction of sp³-hybridized carbons (Fsp3) is 0.0370. The lowest BCUT2D eigenvalue weighted by molar-refractivity contribution is 0.714. The van der Waals surface area contributed by atoms with Crippen molar-refractivity contribution in [3.63, 3.8) is 0 Å². The van der Waals surface area contributed by atoms with Gasteiger partial charge in [-0.1, -0.05) is 176 Å². The summed E-state index contributed by atoms with van der Waals surface area (Å²) in [4.78, 5) is 2.19. The normalized spacial score (nSPS) is 13.9. The van der Waals surface area contributed by atoms with Gasteiger partial charge in [-0.15, -0.1) is 0 Å². The highest BCUT2D eigenvalue weighted by molar-refractivity contribution is 5.97. The second kappa shape index (κ2) is 13.5. The molecule has 55 heavy (non-hydrogen) atoms. The van der Waals surface area contributed by atoms with E-state index in [2.05, 4.69) is 176 Å². The summed E-state index contributed by atoms with van der Waals surface area (Å²) in [6.45, 7) is 2.34. The van der Waals surface area contributed by atoms with Crippen molar-refractivity contribution >= 4 is 27.8 Å². The Kier molecular flexibility index (Phi) is 6.76. The molecule has 1 nitrogen and oxygen atoms in total. The number of benzene rings is 9. The highest BCUT2D eigenvalue weighted by Crippen LogP contribution is 2.52. The molecule has 0 radical (unpaired) electrons. The van der Waals surface area contributed by atoms with E-state index in [0.29, 0.717) is 5.56 Å². The molecule has 0 saturated carbocycles. The maximum atomic E-state index is 8.57. The highest BCUT2D eigenvalue weighted by Gasteiger charge is 2.40. The van der Waals surface area contributed by atoms with E-state index in [-0.39, 0.29) is 35.1 Å². The van der Waals surface area contributed by atoms with E-state index >= 15 is 0 Å². The van der Waals surface area contributed by atoms with E-state index in [9.17, 15) is 0 Å². The number of rotatable bonds is 7. The number of hydrogen-bond acceptors (Lipinski definition) is 1. The molecule has 0 atom stereocenters. The smallest absolute Gasteiger partial charge is 0.0629 e. The molecule has 0 aromatic heterocycles. The minimum Gasteiger partial charge on any atom is -0.311 e. The first-order chi connectivity index (χ1) is 29.2. The number of hydrogen-bond donors (Lipinski definition) is 0. The van der Waals surface area contributed by atoms with E-state index < -0.39 is 6.04 Å². The molecule has 1 aliphatic rings. The Balaban J connectivity index is 1.04. The van der Waals surface area contributed by atoms with E-state index in [4.69, 9.17) is 6.85 Å². The third-order valence-electron chi connectivity index (χ3n) is 11.3. The summed E-state index contributed by atoms with van der Waals surface area (Å²) in [5.41, 5.74) is 14.2. The van der Waals surface area contributed by atoms with Crippen LogP contribution in [-0.4, -0.2) is 0 Å². The summed E-state index contributed by atoms with van der Waals surface area (Å²) in [6, 6.07) is 64.5. The Bertz CT molecular complexity index is 3020. The molecule has 0 fully saturated rings. The molecule has 0 amide bonds. The van der Waals surface area contributed by atoms with Gasteiger partial charge in [0.2, 0.25) is 0 Å². The fourth-order valence-corrected chi connectivity index (χ4v) is 8.46. The van der Waals surface area contributed by atoms with Crippen molar-refractivity contribution in [3.8, 4) is 44.5 Å². The average Bonchev–Trinajstić information content (AvgIpc) is 3.57. The number of fused-ring (bicyclic) bond motifs is 4. The molecule has 0 unspecified atom stereocenters. The van der Waals surface area contributed by atoms with Crippen LogP contribution in [0.15, 0.2) is 218 Å². The monoisotopic (exact) mass is 706 g/mol. The van der Waals surface area contributed by atoms with E-state index in [1.807, 2.05) is 24.3 Å². The molecule has 10 rings (SSSR count). The Morgan fingerprint density at radius 1 is 0.400 bits per heavy atom. The molecule has 1 heteroatoms. The Morgan fingerprint density at radius 2 is 0.891 bits per heavy atom. The Labute approximate surface area is 330 Å². The molecule has 0 spiro atoms. The van der Waals surface area contributed by atoms with E-state index in [0.717, 1.165) is 33.8 Å². The maximum Gasteiger partial charge on any atom is 0.0629 e. The predicted octanol–water partition coefficient (Wildman–Crippen LogP) is 14.6. The first-order valence-corrected chi connectivity index (χ1v) is 18.7. The predicted molar refractivity (Wildman–Crippen MR) is 232 cm³/mol. The molecule has 260 valence electrons. The van der Waals surface area contributed by atoms with Crippen molar-refractivity contribution in [2.24, 2.45) is 0 Å². The van der Waals surface area contributed by atoms with Crippen LogP contribution in [0.4, 0.5) is 17.1 Å². The summed E-state index contributed by atoms with van der Waals surface area (Å²) in [7, 11) is 0. The third kappa shape index (κ3) is 5.64. The van der Waals surface area contributed by atoms with Crippen molar-refractivity contribution in [1.82, 2.24) is 0 Å². The largest absolute Gasteiger partial charge is 0.311 e. The molecule has 0 saturated heterocycles. The number of anilines is 3. The molecular formula is C54H39N. The first kappa shape index (κ1) is 27.6. The molecule has 0 heterocycles. The first-order valence-electron chi connectivity index (χ1n) is 21.2. The van der Waals surface area contributed by atoms with Crippen LogP contribution < -0.4 is 4.90 Å². The van der Waals surface area contributed by atoms with Gasteiger partial charge in [-0.3, -0.25) is 0 Å². The second-order valence-corrected chi connectivity index (χ2v) is 14.3. The van der Waals surface area contributed by atoms with Crippen LogP contribution in [-0.2, 0) is 5.41 Å². The topological polar surface area (TPSA) is 3.24 Å². The molecule has 1 aliphatic carbocycles. The molecule has 9 aromatic rings. The second-order valence-electron chi connectivity index (χ2n) is 14.3. The Hall–Kier alpha value is -6.96. The summed E-state index contributed by atoms with van der Waals surface area (Å²) in [5, 5.41) is 2.39. The summed E-state index contributed by atoms with van der Waals surface area (Å²) < 4.78 is 41.7. The highest BCUT2D eigenvalue weighted by atomic mass is 15.1. The van der Waals surface area contributed by atoms with Crippen LogP contribution >= 0.6 is 0 Å². The SMILES string of the molecule is [2H]c1c([2H])c([2H])c(-c2ccc(N(c3ccc(-c4cccc(C5(C)c6ccccc6-c6ccccc65)c4)cc3)c3ccc(-c4cccc5ccccc45)cc3)cc2)c([2H])c1[2H]. The van der Waals surface area contributed by atoms with Crippen LogP contribution in [0.5, 0.6) is 0 Å². The van der Waals surface area contributed by atoms with E-state index in [1.54, 1.807) is 0 Å². The average molecular weight is 707 g/mol. The zero-order valence-electron chi connectivity index (χ0n) is 35.3. The minimum atomic E-state index is -0.401. The van der Waals surface area contributed by atoms with Crippen LogP contribution in [0.3, 0.4) is 0 Å². The molecular weight excluding hydrogens is 663 g/mol. The summed E-state index contributed by atoms with van der Waals surface area (Å²) in [6.07, 6.45) is 0. The zero-order valence-corrected chi connectivity index (χ0v) is 30.3. The standard InChI is InChI=1S/C54H39N/c1-54(52-23-9-7-20-50(52)51-21-8-10-24-53(51)54)44-18-11-17-43(37-44)40-27-33-46(34-28-40)55(45-31-25-39(26-32-45)38-13-3-2-4-14-38)47-35-29-42(30-36-47)49-22-12-16-41-15-5-6-19-48(41)49/h2-37H,1H3/i2D,3D,4D,13D,14D. The molecule has 9 aromatic carbocycles. The van der Waals surface area contributed by atoms with E-state index in [1.165, 1.54) is 44.2 Å². The Morgan fingerprint density at radius 3 is 1.53 bits per heavy atom. The van der Waals surface area contributed by atoms with Gasteiger partial charge in [0, 0.05) is 22.5 Å². The van der Waals surface area contributed by atoms with Gasteiger partial charge in [-0.05, 0) is 121 Å². The number of nitrogens with zero attached hydrogens (tertiary/aromatic N) is 1. The minimum absolute atomic E-state index is 0.184. The lowest BCUT2D eigenvalue weighted by atomic mass is 9.74. The summed E-state index contributed by atoms with van der Waals surface area (Å²) in [5.74, 6) is 0. The van der Waals surface area contributed by atoms with Crippen molar-refractivity contribution in [1.29, 1.82) is 0 Å². The van der Waals surface area contributed by atoms with Crippen LogP contribution in [0.25, 0.3) is 55.3 Å². The van der Waals surface area contributed by atoms with Gasteiger partial charge in [0.1, 0.15) is 0 Å². The van der Waals surface area contributed by atoms with Gasteiger partial charge in [0.05, 0.1) is 6.85 Å².